The molecule has 1 atom stereocenters. The molecule has 1 unspecified atom stereocenters. The summed E-state index contributed by atoms with van der Waals surface area (Å²) in [5.74, 6) is 0.750. The van der Waals surface area contributed by atoms with E-state index in [1.54, 1.807) is 0 Å². The third kappa shape index (κ3) is 2.01. The molecule has 3 nitrogen and oxygen atoms in total. The van der Waals surface area contributed by atoms with Gasteiger partial charge in [0.1, 0.15) is 0 Å². The van der Waals surface area contributed by atoms with Crippen molar-refractivity contribution in [2.75, 3.05) is 19.8 Å². The van der Waals surface area contributed by atoms with Crippen molar-refractivity contribution in [3.63, 3.8) is 0 Å². The maximum Gasteiger partial charge on any atom is 0.0738 e. The van der Waals surface area contributed by atoms with Crippen LogP contribution in [0.15, 0.2) is 0 Å². The number of ether oxygens (including phenoxy) is 1. The van der Waals surface area contributed by atoms with Crippen LogP contribution in [0.2, 0.25) is 0 Å². The van der Waals surface area contributed by atoms with Crippen LogP contribution in [0.3, 0.4) is 0 Å². The first-order valence-electron chi connectivity index (χ1n) is 6.62. The van der Waals surface area contributed by atoms with Gasteiger partial charge in [-0.1, -0.05) is 6.92 Å². The molecule has 1 saturated carbocycles. The van der Waals surface area contributed by atoms with Crippen LogP contribution < -0.4 is 5.73 Å². The van der Waals surface area contributed by atoms with Gasteiger partial charge in [-0.3, -0.25) is 0 Å². The van der Waals surface area contributed by atoms with E-state index in [-0.39, 0.29) is 5.41 Å². The SMILES string of the molecule is CC1CCC(O)(C2(CN)CCCOC2)CC1. The highest BCUT2D eigenvalue weighted by Gasteiger charge is 2.51. The third-order valence-electron chi connectivity index (χ3n) is 4.80. The molecule has 1 heterocycles. The van der Waals surface area contributed by atoms with Crippen LogP contribution >= 0.6 is 0 Å². The van der Waals surface area contributed by atoms with E-state index in [2.05, 4.69) is 6.92 Å². The van der Waals surface area contributed by atoms with Gasteiger partial charge >= 0.3 is 0 Å². The molecule has 1 saturated heterocycles. The molecule has 94 valence electrons. The summed E-state index contributed by atoms with van der Waals surface area (Å²) in [5, 5.41) is 10.9. The molecular formula is C13H25NO2. The van der Waals surface area contributed by atoms with Crippen molar-refractivity contribution in [3.05, 3.63) is 0 Å². The lowest BCUT2D eigenvalue weighted by molar-refractivity contribution is -0.162. The molecule has 16 heavy (non-hydrogen) atoms. The summed E-state index contributed by atoms with van der Waals surface area (Å²) in [7, 11) is 0. The lowest BCUT2D eigenvalue weighted by Gasteiger charge is -2.51. The van der Waals surface area contributed by atoms with Crippen LogP contribution in [-0.2, 0) is 4.74 Å². The van der Waals surface area contributed by atoms with Crippen LogP contribution in [0.25, 0.3) is 0 Å². The second-order valence-electron chi connectivity index (χ2n) is 5.85. The van der Waals surface area contributed by atoms with Gasteiger partial charge < -0.3 is 15.6 Å². The molecule has 0 spiro atoms. The highest BCUT2D eigenvalue weighted by atomic mass is 16.5. The van der Waals surface area contributed by atoms with E-state index < -0.39 is 5.60 Å². The van der Waals surface area contributed by atoms with Gasteiger partial charge in [0.05, 0.1) is 12.2 Å². The highest BCUT2D eigenvalue weighted by molar-refractivity contribution is 5.02. The van der Waals surface area contributed by atoms with Gasteiger partial charge in [0, 0.05) is 18.6 Å². The summed E-state index contributed by atoms with van der Waals surface area (Å²) < 4.78 is 5.58. The normalized spacial score (nSPS) is 45.6. The molecule has 2 aliphatic rings. The second-order valence-corrected chi connectivity index (χ2v) is 5.85. The Morgan fingerprint density at radius 1 is 1.31 bits per heavy atom. The second kappa shape index (κ2) is 4.63. The zero-order valence-corrected chi connectivity index (χ0v) is 10.4. The summed E-state index contributed by atoms with van der Waals surface area (Å²) >= 11 is 0. The minimum absolute atomic E-state index is 0.175. The summed E-state index contributed by atoms with van der Waals surface area (Å²) in [6.45, 7) is 4.30. The molecule has 0 radical (unpaired) electrons. The number of hydrogen-bond acceptors (Lipinski definition) is 3. The molecule has 2 fully saturated rings. The number of hydrogen-bond donors (Lipinski definition) is 2. The molecule has 0 amide bonds. The van der Waals surface area contributed by atoms with Crippen molar-refractivity contribution >= 4 is 0 Å². The van der Waals surface area contributed by atoms with Crippen LogP contribution in [0.4, 0.5) is 0 Å². The fourth-order valence-electron chi connectivity index (χ4n) is 3.34. The van der Waals surface area contributed by atoms with E-state index in [0.29, 0.717) is 13.2 Å². The van der Waals surface area contributed by atoms with E-state index in [0.717, 1.165) is 51.0 Å². The zero-order chi connectivity index (χ0) is 11.6. The van der Waals surface area contributed by atoms with Crippen molar-refractivity contribution in [3.8, 4) is 0 Å². The minimum atomic E-state index is -0.575. The Labute approximate surface area is 98.4 Å². The average molecular weight is 227 g/mol. The monoisotopic (exact) mass is 227 g/mol. The highest BCUT2D eigenvalue weighted by Crippen LogP contribution is 2.47. The van der Waals surface area contributed by atoms with Crippen molar-refractivity contribution in [2.24, 2.45) is 17.1 Å². The first-order chi connectivity index (χ1) is 7.62. The Kier molecular flexibility index (Phi) is 3.57. The summed E-state index contributed by atoms with van der Waals surface area (Å²) in [6, 6.07) is 0. The first-order valence-corrected chi connectivity index (χ1v) is 6.62. The predicted octanol–water partition coefficient (Wildman–Crippen LogP) is 1.68. The van der Waals surface area contributed by atoms with Crippen LogP contribution in [0, 0.1) is 11.3 Å². The molecule has 0 aromatic carbocycles. The third-order valence-corrected chi connectivity index (χ3v) is 4.80. The maximum absolute atomic E-state index is 10.9. The van der Waals surface area contributed by atoms with E-state index in [1.165, 1.54) is 0 Å². The molecule has 0 bridgehead atoms. The Morgan fingerprint density at radius 2 is 2.00 bits per heavy atom. The van der Waals surface area contributed by atoms with Crippen molar-refractivity contribution in [1.29, 1.82) is 0 Å². The lowest BCUT2D eigenvalue weighted by atomic mass is 9.61. The lowest BCUT2D eigenvalue weighted by Crippen LogP contribution is -2.58. The van der Waals surface area contributed by atoms with Gasteiger partial charge in [-0.05, 0) is 44.4 Å². The van der Waals surface area contributed by atoms with Crippen molar-refractivity contribution in [2.45, 2.75) is 51.0 Å². The summed E-state index contributed by atoms with van der Waals surface area (Å²) in [5.41, 5.74) is 5.20. The first kappa shape index (κ1) is 12.3. The standard InChI is InChI=1S/C13H25NO2/c1-11-3-6-13(15,7-4-11)12(9-14)5-2-8-16-10-12/h11,15H,2-10,14H2,1H3. The number of rotatable bonds is 2. The quantitative estimate of drug-likeness (QED) is 0.754. The van der Waals surface area contributed by atoms with Gasteiger partial charge in [0.25, 0.3) is 0 Å². The zero-order valence-electron chi connectivity index (χ0n) is 10.4. The molecule has 1 aliphatic carbocycles. The molecule has 3 N–H and O–H groups in total. The van der Waals surface area contributed by atoms with Crippen LogP contribution in [0.5, 0.6) is 0 Å². The van der Waals surface area contributed by atoms with Gasteiger partial charge in [-0.25, -0.2) is 0 Å². The van der Waals surface area contributed by atoms with E-state index in [1.807, 2.05) is 0 Å². The largest absolute Gasteiger partial charge is 0.389 e. The summed E-state index contributed by atoms with van der Waals surface area (Å²) in [4.78, 5) is 0. The topological polar surface area (TPSA) is 55.5 Å². The smallest absolute Gasteiger partial charge is 0.0738 e. The van der Waals surface area contributed by atoms with E-state index in [9.17, 15) is 5.11 Å². The van der Waals surface area contributed by atoms with Crippen LogP contribution in [-0.4, -0.2) is 30.5 Å². The van der Waals surface area contributed by atoms with Crippen LogP contribution in [0.1, 0.15) is 45.4 Å². The van der Waals surface area contributed by atoms with Gasteiger partial charge in [-0.2, -0.15) is 0 Å². The van der Waals surface area contributed by atoms with Gasteiger partial charge in [0.15, 0.2) is 0 Å². The van der Waals surface area contributed by atoms with E-state index in [4.69, 9.17) is 10.5 Å². The fraction of sp³-hybridized carbons (Fsp3) is 1.00. The van der Waals surface area contributed by atoms with Gasteiger partial charge in [0.2, 0.25) is 0 Å². The molecule has 1 aliphatic heterocycles. The molecule has 0 aromatic rings. The molecule has 2 rings (SSSR count). The molecular weight excluding hydrogens is 202 g/mol. The maximum atomic E-state index is 10.9. The predicted molar refractivity (Wildman–Crippen MR) is 64.1 cm³/mol. The van der Waals surface area contributed by atoms with Crippen molar-refractivity contribution < 1.29 is 9.84 Å². The Balaban J connectivity index is 2.12. The molecule has 3 heteroatoms. The number of nitrogens with two attached hydrogens (primary N) is 1. The Bertz CT molecular complexity index is 228. The minimum Gasteiger partial charge on any atom is -0.389 e. The van der Waals surface area contributed by atoms with E-state index >= 15 is 0 Å². The average Bonchev–Trinajstić information content (AvgIpc) is 2.34. The molecule has 0 aromatic heterocycles. The van der Waals surface area contributed by atoms with Crippen molar-refractivity contribution in [1.82, 2.24) is 0 Å². The summed E-state index contributed by atoms with van der Waals surface area (Å²) in [6.07, 6.45) is 6.10. The Morgan fingerprint density at radius 3 is 2.50 bits per heavy atom. The fourth-order valence-corrected chi connectivity index (χ4v) is 3.34. The Hall–Kier alpha value is -0.120. The number of aliphatic hydroxyl groups is 1. The van der Waals surface area contributed by atoms with Gasteiger partial charge in [-0.15, -0.1) is 0 Å².